The number of rotatable bonds is 1. The van der Waals surface area contributed by atoms with Crippen molar-refractivity contribution in [1.29, 1.82) is 0 Å². The Balaban J connectivity index is 3.27. The van der Waals surface area contributed by atoms with E-state index in [9.17, 15) is 0 Å². The van der Waals surface area contributed by atoms with E-state index in [2.05, 4.69) is 5.92 Å². The minimum Gasteiger partial charge on any atom is -0.507 e. The largest absolute Gasteiger partial charge is 0.507 e. The van der Waals surface area contributed by atoms with Crippen molar-refractivity contribution in [3.05, 3.63) is 29.3 Å². The van der Waals surface area contributed by atoms with E-state index in [0.29, 0.717) is 11.1 Å². The zero-order valence-electron chi connectivity index (χ0n) is 5.91. The quantitative estimate of drug-likeness (QED) is 0.580. The molecule has 0 amide bonds. The number of terminal acetylenes is 1. The van der Waals surface area contributed by atoms with E-state index >= 15 is 0 Å². The number of aliphatic hydroxyl groups is 1. The Hall–Kier alpha value is -1.46. The summed E-state index contributed by atoms with van der Waals surface area (Å²) in [7, 11) is 0. The van der Waals surface area contributed by atoms with Crippen LogP contribution < -0.4 is 0 Å². The van der Waals surface area contributed by atoms with Gasteiger partial charge in [0.25, 0.3) is 0 Å². The van der Waals surface area contributed by atoms with Crippen molar-refractivity contribution in [2.45, 2.75) is 6.61 Å². The molecule has 0 unspecified atom stereocenters. The Morgan fingerprint density at radius 1 is 1.45 bits per heavy atom. The topological polar surface area (TPSA) is 40.5 Å². The second-order valence-electron chi connectivity index (χ2n) is 2.11. The van der Waals surface area contributed by atoms with Gasteiger partial charge in [-0.05, 0) is 11.6 Å². The fraction of sp³-hybridized carbons (Fsp3) is 0.111. The molecule has 0 spiro atoms. The maximum absolute atomic E-state index is 9.17. The van der Waals surface area contributed by atoms with E-state index in [4.69, 9.17) is 16.6 Å². The molecule has 0 saturated heterocycles. The van der Waals surface area contributed by atoms with E-state index in [1.807, 2.05) is 0 Å². The lowest BCUT2D eigenvalue weighted by Gasteiger charge is -2.01. The number of hydrogen-bond donors (Lipinski definition) is 2. The first-order valence-corrected chi connectivity index (χ1v) is 3.18. The molecule has 0 aliphatic carbocycles. The molecule has 56 valence electrons. The van der Waals surface area contributed by atoms with Crippen LogP contribution in [-0.2, 0) is 6.61 Å². The van der Waals surface area contributed by atoms with E-state index in [0.717, 1.165) is 0 Å². The number of aromatic hydroxyl groups is 1. The van der Waals surface area contributed by atoms with Gasteiger partial charge in [-0.25, -0.2) is 0 Å². The first kappa shape index (κ1) is 7.64. The molecule has 1 rings (SSSR count). The summed E-state index contributed by atoms with van der Waals surface area (Å²) in [5.74, 6) is 2.35. The first-order valence-electron chi connectivity index (χ1n) is 3.18. The second kappa shape index (κ2) is 3.09. The summed E-state index contributed by atoms with van der Waals surface area (Å²) >= 11 is 0. The van der Waals surface area contributed by atoms with Gasteiger partial charge in [0, 0.05) is 0 Å². The van der Waals surface area contributed by atoms with Crippen LogP contribution in [0.15, 0.2) is 18.2 Å². The Morgan fingerprint density at radius 2 is 2.18 bits per heavy atom. The van der Waals surface area contributed by atoms with Crippen molar-refractivity contribution in [2.75, 3.05) is 0 Å². The van der Waals surface area contributed by atoms with Crippen molar-refractivity contribution in [1.82, 2.24) is 0 Å². The highest BCUT2D eigenvalue weighted by Crippen LogP contribution is 2.19. The Labute approximate surface area is 65.1 Å². The van der Waals surface area contributed by atoms with Crippen molar-refractivity contribution >= 4 is 0 Å². The molecule has 2 N–H and O–H groups in total. The third-order valence-electron chi connectivity index (χ3n) is 1.44. The number of aliphatic hydroxyl groups excluding tert-OH is 1. The van der Waals surface area contributed by atoms with Crippen LogP contribution in [0.25, 0.3) is 0 Å². The van der Waals surface area contributed by atoms with E-state index < -0.39 is 0 Å². The molecule has 0 saturated carbocycles. The summed E-state index contributed by atoms with van der Waals surface area (Å²) in [6.45, 7) is -0.145. The Kier molecular flexibility index (Phi) is 2.15. The number of hydrogen-bond acceptors (Lipinski definition) is 2. The minimum atomic E-state index is -0.145. The van der Waals surface area contributed by atoms with Gasteiger partial charge in [0.15, 0.2) is 0 Å². The van der Waals surface area contributed by atoms with Gasteiger partial charge in [-0.2, -0.15) is 0 Å². The molecule has 0 atom stereocenters. The van der Waals surface area contributed by atoms with Crippen LogP contribution in [0.3, 0.4) is 0 Å². The molecule has 0 radical (unpaired) electrons. The predicted octanol–water partition coefficient (Wildman–Crippen LogP) is 0.866. The van der Waals surface area contributed by atoms with E-state index in [-0.39, 0.29) is 12.4 Å². The first-order chi connectivity index (χ1) is 5.29. The van der Waals surface area contributed by atoms with Gasteiger partial charge in [0.1, 0.15) is 5.75 Å². The van der Waals surface area contributed by atoms with Crippen molar-refractivity contribution in [3.8, 4) is 18.1 Å². The van der Waals surface area contributed by atoms with Crippen LogP contribution in [-0.4, -0.2) is 10.2 Å². The molecule has 0 aliphatic heterocycles. The normalized spacial score (nSPS) is 9.09. The number of benzene rings is 1. The smallest absolute Gasteiger partial charge is 0.131 e. The molecule has 0 bridgehead atoms. The third-order valence-corrected chi connectivity index (χ3v) is 1.44. The highest BCUT2D eigenvalue weighted by molar-refractivity contribution is 5.49. The summed E-state index contributed by atoms with van der Waals surface area (Å²) in [4.78, 5) is 0. The zero-order valence-corrected chi connectivity index (χ0v) is 5.91. The lowest BCUT2D eigenvalue weighted by atomic mass is 10.1. The Morgan fingerprint density at radius 3 is 2.64 bits per heavy atom. The molecule has 0 heterocycles. The fourth-order valence-corrected chi connectivity index (χ4v) is 0.885. The van der Waals surface area contributed by atoms with Gasteiger partial charge in [-0.3, -0.25) is 0 Å². The molecule has 11 heavy (non-hydrogen) atoms. The SMILES string of the molecule is C#Cc1c(O)cccc1CO. The molecule has 0 aliphatic rings. The number of phenols is 1. The summed E-state index contributed by atoms with van der Waals surface area (Å²) in [6, 6.07) is 4.81. The summed E-state index contributed by atoms with van der Waals surface area (Å²) in [6.07, 6.45) is 5.11. The van der Waals surface area contributed by atoms with Crippen LogP contribution >= 0.6 is 0 Å². The van der Waals surface area contributed by atoms with Gasteiger partial charge in [0.2, 0.25) is 0 Å². The summed E-state index contributed by atoms with van der Waals surface area (Å²) < 4.78 is 0. The molecule has 0 aromatic heterocycles. The van der Waals surface area contributed by atoms with Gasteiger partial charge < -0.3 is 10.2 Å². The van der Waals surface area contributed by atoms with Crippen molar-refractivity contribution in [2.24, 2.45) is 0 Å². The molecule has 1 aromatic carbocycles. The van der Waals surface area contributed by atoms with Gasteiger partial charge in [0.05, 0.1) is 12.2 Å². The highest BCUT2D eigenvalue weighted by Gasteiger charge is 2.02. The third kappa shape index (κ3) is 1.34. The van der Waals surface area contributed by atoms with Crippen LogP contribution in [0.1, 0.15) is 11.1 Å². The summed E-state index contributed by atoms with van der Waals surface area (Å²) in [5.41, 5.74) is 0.947. The average Bonchev–Trinajstić information content (AvgIpc) is 2.04. The van der Waals surface area contributed by atoms with Crippen LogP contribution in [0.5, 0.6) is 5.75 Å². The standard InChI is InChI=1S/C9H8O2/c1-2-8-7(6-10)4-3-5-9(8)11/h1,3-5,10-11H,6H2. The molecule has 2 nitrogen and oxygen atoms in total. The number of phenolic OH excluding ortho intramolecular Hbond substituents is 1. The van der Waals surface area contributed by atoms with Crippen LogP contribution in [0, 0.1) is 12.3 Å². The van der Waals surface area contributed by atoms with E-state index in [1.54, 1.807) is 12.1 Å². The molecule has 0 fully saturated rings. The van der Waals surface area contributed by atoms with Crippen molar-refractivity contribution in [3.63, 3.8) is 0 Å². The second-order valence-corrected chi connectivity index (χ2v) is 2.11. The monoisotopic (exact) mass is 148 g/mol. The fourth-order valence-electron chi connectivity index (χ4n) is 0.885. The zero-order chi connectivity index (χ0) is 8.27. The molecule has 2 heteroatoms. The van der Waals surface area contributed by atoms with Gasteiger partial charge in [-0.15, -0.1) is 6.42 Å². The van der Waals surface area contributed by atoms with Gasteiger partial charge >= 0.3 is 0 Å². The predicted molar refractivity (Wildman–Crippen MR) is 42.0 cm³/mol. The molecular weight excluding hydrogens is 140 g/mol. The lowest BCUT2D eigenvalue weighted by Crippen LogP contribution is -1.88. The maximum atomic E-state index is 9.17. The minimum absolute atomic E-state index is 0.0408. The average molecular weight is 148 g/mol. The van der Waals surface area contributed by atoms with Gasteiger partial charge in [-0.1, -0.05) is 18.1 Å². The highest BCUT2D eigenvalue weighted by atomic mass is 16.3. The molecule has 1 aromatic rings. The Bertz CT molecular complexity index is 297. The van der Waals surface area contributed by atoms with Crippen LogP contribution in [0.4, 0.5) is 0 Å². The van der Waals surface area contributed by atoms with Crippen molar-refractivity contribution < 1.29 is 10.2 Å². The lowest BCUT2D eigenvalue weighted by molar-refractivity contribution is 0.281. The van der Waals surface area contributed by atoms with Crippen LogP contribution in [0.2, 0.25) is 0 Å². The summed E-state index contributed by atoms with van der Waals surface area (Å²) in [5, 5.41) is 17.9. The maximum Gasteiger partial charge on any atom is 0.131 e. The van der Waals surface area contributed by atoms with E-state index in [1.165, 1.54) is 6.07 Å². The molecular formula is C9H8O2.